The maximum atomic E-state index is 11.1. The molecule has 100 valence electrons. The first-order chi connectivity index (χ1) is 8.13. The fourth-order valence-electron chi connectivity index (χ4n) is 2.03. The molecule has 0 bridgehead atoms. The molecule has 1 unspecified atom stereocenters. The summed E-state index contributed by atoms with van der Waals surface area (Å²) in [5, 5.41) is 0. The zero-order valence-electron chi connectivity index (χ0n) is 11.4. The second-order valence-electron chi connectivity index (χ2n) is 4.88. The monoisotopic (exact) mass is 242 g/mol. The largest absolute Gasteiger partial charge is 0.375 e. The van der Waals surface area contributed by atoms with E-state index >= 15 is 0 Å². The molecule has 1 saturated heterocycles. The van der Waals surface area contributed by atoms with Crippen molar-refractivity contribution in [1.82, 2.24) is 9.80 Å². The van der Waals surface area contributed by atoms with Gasteiger partial charge < -0.3 is 9.64 Å². The van der Waals surface area contributed by atoms with E-state index in [-0.39, 0.29) is 5.91 Å². The van der Waals surface area contributed by atoms with E-state index < -0.39 is 0 Å². The summed E-state index contributed by atoms with van der Waals surface area (Å²) in [4.78, 5) is 15.3. The van der Waals surface area contributed by atoms with Crippen LogP contribution >= 0.6 is 0 Å². The van der Waals surface area contributed by atoms with Crippen LogP contribution < -0.4 is 0 Å². The Balaban J connectivity index is 2.22. The van der Waals surface area contributed by atoms with Gasteiger partial charge in [-0.05, 0) is 19.4 Å². The van der Waals surface area contributed by atoms with Crippen LogP contribution in [0, 0.1) is 0 Å². The van der Waals surface area contributed by atoms with Crippen LogP contribution in [0.25, 0.3) is 0 Å². The molecule has 0 aromatic carbocycles. The molecular formula is C13H26N2O2. The highest BCUT2D eigenvalue weighted by Crippen LogP contribution is 2.10. The first-order valence-corrected chi connectivity index (χ1v) is 6.69. The molecular weight excluding hydrogens is 216 g/mol. The minimum atomic E-state index is 0.128. The van der Waals surface area contributed by atoms with Gasteiger partial charge in [-0.15, -0.1) is 0 Å². The number of hydrogen-bond donors (Lipinski definition) is 0. The Morgan fingerprint density at radius 2 is 2.29 bits per heavy atom. The Kier molecular flexibility index (Phi) is 6.52. The number of ether oxygens (including phenoxy) is 1. The van der Waals surface area contributed by atoms with Crippen molar-refractivity contribution in [2.45, 2.75) is 39.2 Å². The molecule has 4 heteroatoms. The Morgan fingerprint density at radius 1 is 1.53 bits per heavy atom. The minimum Gasteiger partial charge on any atom is -0.375 e. The lowest BCUT2D eigenvalue weighted by Crippen LogP contribution is -2.44. The summed E-state index contributed by atoms with van der Waals surface area (Å²) in [5.41, 5.74) is 0. The molecule has 4 nitrogen and oxygen atoms in total. The van der Waals surface area contributed by atoms with Gasteiger partial charge in [0.15, 0.2) is 0 Å². The Hall–Kier alpha value is -0.610. The number of carbonyl (C=O) groups excluding carboxylic acids is 1. The molecule has 1 aliphatic rings. The third kappa shape index (κ3) is 5.50. The quantitative estimate of drug-likeness (QED) is 0.705. The van der Waals surface area contributed by atoms with Gasteiger partial charge in [0, 0.05) is 33.6 Å². The number of hydrogen-bond acceptors (Lipinski definition) is 3. The van der Waals surface area contributed by atoms with Gasteiger partial charge in [0.2, 0.25) is 5.91 Å². The van der Waals surface area contributed by atoms with Crippen LogP contribution in [-0.2, 0) is 9.53 Å². The summed E-state index contributed by atoms with van der Waals surface area (Å²) >= 11 is 0. The van der Waals surface area contributed by atoms with Gasteiger partial charge in [-0.25, -0.2) is 0 Å². The van der Waals surface area contributed by atoms with Crippen LogP contribution in [0.15, 0.2) is 0 Å². The maximum Gasteiger partial charge on any atom is 0.219 e. The van der Waals surface area contributed by atoms with Gasteiger partial charge in [0.25, 0.3) is 0 Å². The van der Waals surface area contributed by atoms with Crippen molar-refractivity contribution in [3.63, 3.8) is 0 Å². The number of morpholine rings is 1. The molecule has 1 atom stereocenters. The highest BCUT2D eigenvalue weighted by atomic mass is 16.5. The van der Waals surface area contributed by atoms with Crippen molar-refractivity contribution in [2.24, 2.45) is 0 Å². The van der Waals surface area contributed by atoms with E-state index in [2.05, 4.69) is 11.8 Å². The van der Waals surface area contributed by atoms with E-state index in [1.54, 1.807) is 11.8 Å². The lowest BCUT2D eigenvalue weighted by Gasteiger charge is -2.33. The third-order valence-corrected chi connectivity index (χ3v) is 3.37. The molecule has 0 spiro atoms. The third-order valence-electron chi connectivity index (χ3n) is 3.37. The van der Waals surface area contributed by atoms with Crippen molar-refractivity contribution < 1.29 is 9.53 Å². The summed E-state index contributed by atoms with van der Waals surface area (Å²) < 4.78 is 5.74. The van der Waals surface area contributed by atoms with Crippen LogP contribution in [0.5, 0.6) is 0 Å². The van der Waals surface area contributed by atoms with Crippen LogP contribution in [0.1, 0.15) is 33.1 Å². The first kappa shape index (κ1) is 14.5. The van der Waals surface area contributed by atoms with Crippen LogP contribution in [-0.4, -0.2) is 61.6 Å². The van der Waals surface area contributed by atoms with Crippen molar-refractivity contribution in [2.75, 3.05) is 39.8 Å². The van der Waals surface area contributed by atoms with Crippen LogP contribution in [0.3, 0.4) is 0 Å². The molecule has 0 radical (unpaired) electrons. The zero-order chi connectivity index (χ0) is 12.7. The number of amides is 1. The van der Waals surface area contributed by atoms with Crippen molar-refractivity contribution in [3.05, 3.63) is 0 Å². The Labute approximate surface area is 105 Å². The molecule has 0 aliphatic carbocycles. The van der Waals surface area contributed by atoms with Gasteiger partial charge >= 0.3 is 0 Å². The normalized spacial score (nSPS) is 21.5. The summed E-state index contributed by atoms with van der Waals surface area (Å²) in [6, 6.07) is 0. The fraction of sp³-hybridized carbons (Fsp3) is 0.923. The molecule has 0 aromatic rings. The average molecular weight is 242 g/mol. The number of carbonyl (C=O) groups is 1. The van der Waals surface area contributed by atoms with Gasteiger partial charge in [0.1, 0.15) is 0 Å². The van der Waals surface area contributed by atoms with E-state index in [0.29, 0.717) is 6.10 Å². The predicted octanol–water partition coefficient (Wildman–Crippen LogP) is 1.36. The molecule has 0 aromatic heterocycles. The van der Waals surface area contributed by atoms with Gasteiger partial charge in [-0.1, -0.05) is 13.3 Å². The second-order valence-corrected chi connectivity index (χ2v) is 4.88. The van der Waals surface area contributed by atoms with Crippen molar-refractivity contribution in [3.8, 4) is 0 Å². The molecule has 0 saturated carbocycles. The predicted molar refractivity (Wildman–Crippen MR) is 69.0 cm³/mol. The molecule has 1 fully saturated rings. The fourth-order valence-corrected chi connectivity index (χ4v) is 2.03. The highest BCUT2D eigenvalue weighted by molar-refractivity contribution is 5.72. The molecule has 1 aliphatic heterocycles. The smallest absolute Gasteiger partial charge is 0.219 e. The van der Waals surface area contributed by atoms with E-state index in [4.69, 9.17) is 4.74 Å². The van der Waals surface area contributed by atoms with Crippen molar-refractivity contribution >= 4 is 5.91 Å². The van der Waals surface area contributed by atoms with Gasteiger partial charge in [-0.3, -0.25) is 9.69 Å². The molecule has 1 heterocycles. The van der Waals surface area contributed by atoms with Gasteiger partial charge in [-0.2, -0.15) is 0 Å². The topological polar surface area (TPSA) is 32.8 Å². The van der Waals surface area contributed by atoms with Crippen LogP contribution in [0.2, 0.25) is 0 Å². The molecule has 17 heavy (non-hydrogen) atoms. The first-order valence-electron chi connectivity index (χ1n) is 6.69. The maximum absolute atomic E-state index is 11.1. The average Bonchev–Trinajstić information content (AvgIpc) is 2.33. The van der Waals surface area contributed by atoms with Crippen molar-refractivity contribution in [1.29, 1.82) is 0 Å². The molecule has 1 rings (SSSR count). The van der Waals surface area contributed by atoms with Crippen LogP contribution in [0.4, 0.5) is 0 Å². The summed E-state index contributed by atoms with van der Waals surface area (Å²) in [7, 11) is 1.85. The lowest BCUT2D eigenvalue weighted by molar-refractivity contribution is -0.128. The minimum absolute atomic E-state index is 0.128. The Morgan fingerprint density at radius 3 is 2.94 bits per heavy atom. The summed E-state index contributed by atoms with van der Waals surface area (Å²) in [5.74, 6) is 0.128. The SMILES string of the molecule is CCCCN1CCOC(CCN(C)C(C)=O)C1. The highest BCUT2D eigenvalue weighted by Gasteiger charge is 2.20. The number of nitrogens with zero attached hydrogens (tertiary/aromatic N) is 2. The Bertz CT molecular complexity index is 233. The van der Waals surface area contributed by atoms with E-state index in [0.717, 1.165) is 32.7 Å². The van der Waals surface area contributed by atoms with E-state index in [1.807, 2.05) is 7.05 Å². The molecule has 1 amide bonds. The standard InChI is InChI=1S/C13H26N2O2/c1-4-5-7-15-9-10-17-13(11-15)6-8-14(3)12(2)16/h13H,4-11H2,1-3H3. The summed E-state index contributed by atoms with van der Waals surface area (Å²) in [6.07, 6.45) is 3.75. The number of rotatable bonds is 6. The second kappa shape index (κ2) is 7.67. The lowest BCUT2D eigenvalue weighted by atomic mass is 10.2. The number of unbranched alkanes of at least 4 members (excludes halogenated alkanes) is 1. The van der Waals surface area contributed by atoms with Gasteiger partial charge in [0.05, 0.1) is 12.7 Å². The zero-order valence-corrected chi connectivity index (χ0v) is 11.4. The summed E-state index contributed by atoms with van der Waals surface area (Å²) in [6.45, 7) is 8.71. The van der Waals surface area contributed by atoms with E-state index in [1.165, 1.54) is 19.4 Å². The van der Waals surface area contributed by atoms with E-state index in [9.17, 15) is 4.79 Å². The molecule has 0 N–H and O–H groups in total.